The molecule has 10 nitrogen and oxygen atoms in total. The largest absolute Gasteiger partial charge is 0.497 e. The lowest BCUT2D eigenvalue weighted by atomic mass is 10.0. The van der Waals surface area contributed by atoms with Crippen molar-refractivity contribution in [2.75, 3.05) is 46.5 Å². The van der Waals surface area contributed by atoms with Gasteiger partial charge in [0.25, 0.3) is 10.2 Å². The van der Waals surface area contributed by atoms with E-state index in [9.17, 15) is 18.0 Å². The fraction of sp³-hybridized carbons (Fsp3) is 0.579. The fourth-order valence-corrected chi connectivity index (χ4v) is 4.42. The lowest BCUT2D eigenvalue weighted by molar-refractivity contribution is -0.143. The van der Waals surface area contributed by atoms with Crippen LogP contribution in [0.2, 0.25) is 0 Å². The van der Waals surface area contributed by atoms with Crippen LogP contribution in [0.4, 0.5) is 4.79 Å². The molecule has 1 aliphatic heterocycles. The third-order valence-corrected chi connectivity index (χ3v) is 6.20. The second-order valence-electron chi connectivity index (χ2n) is 6.55. The summed E-state index contributed by atoms with van der Waals surface area (Å²) in [5, 5.41) is 0. The van der Waals surface area contributed by atoms with Gasteiger partial charge in [-0.1, -0.05) is 12.1 Å². The van der Waals surface area contributed by atoms with Gasteiger partial charge in [-0.25, -0.2) is 4.79 Å². The van der Waals surface area contributed by atoms with Crippen molar-refractivity contribution >= 4 is 22.3 Å². The van der Waals surface area contributed by atoms with Gasteiger partial charge < -0.3 is 19.1 Å². The summed E-state index contributed by atoms with van der Waals surface area (Å²) in [6, 6.07) is 6.01. The van der Waals surface area contributed by atoms with Crippen LogP contribution < -0.4 is 9.46 Å². The number of methoxy groups -OCH3 is 1. The zero-order valence-electron chi connectivity index (χ0n) is 17.5. The Bertz CT molecular complexity index is 823. The van der Waals surface area contributed by atoms with E-state index in [1.54, 1.807) is 38.1 Å². The minimum atomic E-state index is -3.92. The summed E-state index contributed by atoms with van der Waals surface area (Å²) in [7, 11) is -2.41. The Labute approximate surface area is 177 Å². The number of hydrogen-bond acceptors (Lipinski definition) is 7. The summed E-state index contributed by atoms with van der Waals surface area (Å²) >= 11 is 0. The average Bonchev–Trinajstić information content (AvgIpc) is 2.73. The first-order chi connectivity index (χ1) is 14.3. The maximum atomic E-state index is 13.0. The highest BCUT2D eigenvalue weighted by atomic mass is 32.2. The van der Waals surface area contributed by atoms with Crippen LogP contribution >= 0.6 is 0 Å². The van der Waals surface area contributed by atoms with Gasteiger partial charge in [-0.15, -0.1) is 0 Å². The van der Waals surface area contributed by atoms with Crippen LogP contribution in [0.15, 0.2) is 24.3 Å². The maximum absolute atomic E-state index is 13.0. The van der Waals surface area contributed by atoms with E-state index in [1.165, 1.54) is 16.3 Å². The summed E-state index contributed by atoms with van der Waals surface area (Å²) in [5.41, 5.74) is 0.580. The van der Waals surface area contributed by atoms with Crippen molar-refractivity contribution < 1.29 is 32.2 Å². The fourth-order valence-electron chi connectivity index (χ4n) is 3.05. The minimum absolute atomic E-state index is 0.123. The number of piperazine rings is 1. The van der Waals surface area contributed by atoms with Crippen molar-refractivity contribution in [2.24, 2.45) is 0 Å². The number of ether oxygens (including phenoxy) is 3. The van der Waals surface area contributed by atoms with E-state index in [1.807, 2.05) is 0 Å². The second kappa shape index (κ2) is 11.1. The number of rotatable bonds is 9. The Morgan fingerprint density at radius 1 is 1.10 bits per heavy atom. The number of nitrogens with zero attached hydrogens (tertiary/aromatic N) is 2. The number of esters is 1. The van der Waals surface area contributed by atoms with Crippen LogP contribution in [0.1, 0.15) is 31.9 Å². The predicted octanol–water partition coefficient (Wildman–Crippen LogP) is 1.30. The van der Waals surface area contributed by atoms with Crippen LogP contribution in [0.25, 0.3) is 0 Å². The number of hydrogen-bond donors (Lipinski definition) is 1. The number of carbonyl (C=O) groups is 2. The lowest BCUT2D eigenvalue weighted by Gasteiger charge is -2.34. The first-order valence-electron chi connectivity index (χ1n) is 9.79. The van der Waals surface area contributed by atoms with Gasteiger partial charge in [0.1, 0.15) is 5.75 Å². The standard InChI is InChI=1S/C19H29N3O7S/c1-4-28-18(23)14-17(15-7-6-8-16(13-15)27-3)20-30(25,26)22-11-9-21(10-12-22)19(24)29-5-2/h6-8,13,17,20H,4-5,9-12,14H2,1-3H3/t17-/m1/s1. The molecule has 0 saturated carbocycles. The smallest absolute Gasteiger partial charge is 0.409 e. The Morgan fingerprint density at radius 3 is 2.37 bits per heavy atom. The predicted molar refractivity (Wildman–Crippen MR) is 109 cm³/mol. The molecule has 2 rings (SSSR count). The van der Waals surface area contributed by atoms with Crippen LogP contribution in [-0.2, 0) is 24.5 Å². The Balaban J connectivity index is 2.13. The van der Waals surface area contributed by atoms with Gasteiger partial charge in [-0.2, -0.15) is 17.4 Å². The molecule has 0 aromatic heterocycles. The highest BCUT2D eigenvalue weighted by Gasteiger charge is 2.32. The number of nitrogens with one attached hydrogen (secondary N) is 1. The van der Waals surface area contributed by atoms with Gasteiger partial charge >= 0.3 is 12.1 Å². The molecule has 1 atom stereocenters. The molecule has 0 unspecified atom stereocenters. The number of amides is 1. The van der Waals surface area contributed by atoms with E-state index in [4.69, 9.17) is 14.2 Å². The summed E-state index contributed by atoms with van der Waals surface area (Å²) < 4.78 is 44.9. The zero-order valence-corrected chi connectivity index (χ0v) is 18.3. The first kappa shape index (κ1) is 23.9. The van der Waals surface area contributed by atoms with E-state index in [2.05, 4.69) is 4.72 Å². The van der Waals surface area contributed by atoms with Crippen molar-refractivity contribution in [1.29, 1.82) is 0 Å². The highest BCUT2D eigenvalue weighted by molar-refractivity contribution is 7.87. The average molecular weight is 444 g/mol. The van der Waals surface area contributed by atoms with Crippen LogP contribution in [0.3, 0.4) is 0 Å². The molecule has 0 aliphatic carbocycles. The highest BCUT2D eigenvalue weighted by Crippen LogP contribution is 2.24. The quantitative estimate of drug-likeness (QED) is 0.572. The third-order valence-electron chi connectivity index (χ3n) is 4.57. The molecule has 1 amide bonds. The van der Waals surface area contributed by atoms with E-state index < -0.39 is 28.3 Å². The Kier molecular flexibility index (Phi) is 8.88. The molecule has 0 bridgehead atoms. The summed E-state index contributed by atoms with van der Waals surface area (Å²) in [4.78, 5) is 25.3. The van der Waals surface area contributed by atoms with Gasteiger partial charge in [-0.05, 0) is 31.5 Å². The third kappa shape index (κ3) is 6.57. The van der Waals surface area contributed by atoms with Gasteiger partial charge in [0.15, 0.2) is 0 Å². The van der Waals surface area contributed by atoms with Crippen LogP contribution in [0, 0.1) is 0 Å². The molecule has 1 fully saturated rings. The van der Waals surface area contributed by atoms with Gasteiger partial charge in [0.05, 0.1) is 32.8 Å². The van der Waals surface area contributed by atoms with E-state index in [0.717, 1.165) is 0 Å². The van der Waals surface area contributed by atoms with E-state index >= 15 is 0 Å². The molecule has 1 N–H and O–H groups in total. The molecule has 11 heteroatoms. The van der Waals surface area contributed by atoms with Crippen molar-refractivity contribution in [3.63, 3.8) is 0 Å². The molecule has 1 saturated heterocycles. The van der Waals surface area contributed by atoms with Gasteiger partial charge in [-0.3, -0.25) is 4.79 Å². The van der Waals surface area contributed by atoms with Crippen LogP contribution in [-0.4, -0.2) is 76.2 Å². The summed E-state index contributed by atoms with van der Waals surface area (Å²) in [6.07, 6.45) is -0.623. The molecule has 1 heterocycles. The summed E-state index contributed by atoms with van der Waals surface area (Å²) in [6.45, 7) is 4.55. The van der Waals surface area contributed by atoms with E-state index in [-0.39, 0.29) is 45.8 Å². The van der Waals surface area contributed by atoms with Crippen LogP contribution in [0.5, 0.6) is 5.75 Å². The molecule has 0 radical (unpaired) electrons. The summed E-state index contributed by atoms with van der Waals surface area (Å²) in [5.74, 6) is 0.0313. The van der Waals surface area contributed by atoms with Gasteiger partial charge in [0.2, 0.25) is 0 Å². The second-order valence-corrected chi connectivity index (χ2v) is 8.25. The number of benzene rings is 1. The SMILES string of the molecule is CCOC(=O)C[C@@H](NS(=O)(=O)N1CCN(C(=O)OCC)CC1)c1cccc(OC)c1. The normalized spacial score (nSPS) is 16.0. The molecular weight excluding hydrogens is 414 g/mol. The molecule has 168 valence electrons. The molecular formula is C19H29N3O7S. The lowest BCUT2D eigenvalue weighted by Crippen LogP contribution is -2.53. The zero-order chi connectivity index (χ0) is 22.1. The molecule has 30 heavy (non-hydrogen) atoms. The minimum Gasteiger partial charge on any atom is -0.497 e. The maximum Gasteiger partial charge on any atom is 0.409 e. The molecule has 1 aliphatic rings. The topological polar surface area (TPSA) is 114 Å². The molecule has 1 aromatic rings. The van der Waals surface area contributed by atoms with Crippen molar-refractivity contribution in [1.82, 2.24) is 13.9 Å². The Hall–Kier alpha value is -2.37. The first-order valence-corrected chi connectivity index (χ1v) is 11.2. The van der Waals surface area contributed by atoms with Crippen molar-refractivity contribution in [2.45, 2.75) is 26.3 Å². The molecule has 1 aromatic carbocycles. The van der Waals surface area contributed by atoms with Crippen molar-refractivity contribution in [3.8, 4) is 5.75 Å². The molecule has 0 spiro atoms. The monoisotopic (exact) mass is 443 g/mol. The number of carbonyl (C=O) groups excluding carboxylic acids is 2. The van der Waals surface area contributed by atoms with Gasteiger partial charge in [0, 0.05) is 26.2 Å². The van der Waals surface area contributed by atoms with Crippen molar-refractivity contribution in [3.05, 3.63) is 29.8 Å². The van der Waals surface area contributed by atoms with E-state index in [0.29, 0.717) is 11.3 Å². The Morgan fingerprint density at radius 2 is 1.77 bits per heavy atom.